The summed E-state index contributed by atoms with van der Waals surface area (Å²) in [5, 5.41) is 0. The maximum absolute atomic E-state index is 12.6. The number of hydrogen-bond acceptors (Lipinski definition) is 11. The molecule has 0 saturated carbocycles. The largest absolute Gasteiger partial charge is 0.459 e. The molecule has 0 amide bonds. The average Bonchev–Trinajstić information content (AvgIpc) is 3.32. The van der Waals surface area contributed by atoms with Crippen LogP contribution in [-0.4, -0.2) is 94.2 Å². The monoisotopic (exact) mass is 496 g/mol. The van der Waals surface area contributed by atoms with Crippen LogP contribution in [0.4, 0.5) is 11.9 Å². The minimum atomic E-state index is -0.926. The molecule has 2 aromatic heterocycles. The van der Waals surface area contributed by atoms with Gasteiger partial charge >= 0.3 is 5.97 Å². The number of aromatic nitrogens is 5. The number of imidazole rings is 1. The van der Waals surface area contributed by atoms with Gasteiger partial charge in [0.2, 0.25) is 17.8 Å². The lowest BCUT2D eigenvalue weighted by Gasteiger charge is -2.36. The molecular formula is C24H32N8O4. The number of morpholine rings is 2. The number of carbonyl (C=O) groups is 1. The van der Waals surface area contributed by atoms with Crippen molar-refractivity contribution in [1.29, 1.82) is 0 Å². The molecule has 12 heteroatoms. The van der Waals surface area contributed by atoms with Crippen LogP contribution in [0.15, 0.2) is 30.6 Å². The lowest BCUT2D eigenvalue weighted by atomic mass is 10.1. The van der Waals surface area contributed by atoms with E-state index in [4.69, 9.17) is 34.9 Å². The average molecular weight is 497 g/mol. The first-order valence-corrected chi connectivity index (χ1v) is 12.1. The lowest BCUT2D eigenvalue weighted by Crippen LogP contribution is -2.55. The van der Waals surface area contributed by atoms with Crippen molar-refractivity contribution in [3.05, 3.63) is 30.6 Å². The smallest absolute Gasteiger partial charge is 0.326 e. The van der Waals surface area contributed by atoms with Crippen LogP contribution in [0.3, 0.4) is 0 Å². The first kappa shape index (κ1) is 24.3. The second-order valence-electron chi connectivity index (χ2n) is 9.85. The van der Waals surface area contributed by atoms with Crippen molar-refractivity contribution in [3.8, 4) is 5.95 Å². The summed E-state index contributed by atoms with van der Waals surface area (Å²) in [5.41, 5.74) is 7.36. The third-order valence-corrected chi connectivity index (χ3v) is 6.02. The summed E-state index contributed by atoms with van der Waals surface area (Å²) in [6.45, 7) is 9.28. The molecule has 2 saturated heterocycles. The van der Waals surface area contributed by atoms with E-state index in [9.17, 15) is 4.79 Å². The van der Waals surface area contributed by atoms with Crippen molar-refractivity contribution >= 4 is 28.9 Å². The first-order chi connectivity index (χ1) is 17.3. The van der Waals surface area contributed by atoms with Gasteiger partial charge in [-0.2, -0.15) is 15.0 Å². The second-order valence-corrected chi connectivity index (χ2v) is 9.85. The lowest BCUT2D eigenvalue weighted by molar-refractivity contribution is -0.160. The number of para-hydroxylation sites is 2. The minimum absolute atomic E-state index is 0.344. The van der Waals surface area contributed by atoms with Crippen molar-refractivity contribution in [2.75, 3.05) is 55.8 Å². The van der Waals surface area contributed by atoms with Crippen LogP contribution < -0.4 is 15.5 Å². The molecule has 4 heterocycles. The van der Waals surface area contributed by atoms with Crippen LogP contribution in [-0.2, 0) is 19.0 Å². The predicted molar refractivity (Wildman–Crippen MR) is 133 cm³/mol. The van der Waals surface area contributed by atoms with Gasteiger partial charge in [-0.1, -0.05) is 12.1 Å². The zero-order valence-electron chi connectivity index (χ0n) is 20.8. The van der Waals surface area contributed by atoms with Gasteiger partial charge in [-0.3, -0.25) is 9.36 Å². The molecule has 5 rings (SSSR count). The highest BCUT2D eigenvalue weighted by molar-refractivity contribution is 5.77. The number of carbonyl (C=O) groups excluding carboxylic acids is 1. The molecule has 0 radical (unpaired) electrons. The Balaban J connectivity index is 1.46. The minimum Gasteiger partial charge on any atom is -0.459 e. The van der Waals surface area contributed by atoms with Gasteiger partial charge in [0.05, 0.1) is 30.9 Å². The Hall–Kier alpha value is -3.35. The molecule has 2 aliphatic rings. The quantitative estimate of drug-likeness (QED) is 0.505. The number of rotatable bonds is 5. The van der Waals surface area contributed by atoms with Crippen LogP contribution in [0.2, 0.25) is 0 Å². The van der Waals surface area contributed by atoms with Gasteiger partial charge in [0.15, 0.2) is 0 Å². The summed E-state index contributed by atoms with van der Waals surface area (Å²) >= 11 is 0. The van der Waals surface area contributed by atoms with Crippen molar-refractivity contribution in [2.45, 2.75) is 38.5 Å². The van der Waals surface area contributed by atoms with Gasteiger partial charge in [-0.05, 0) is 32.9 Å². The third kappa shape index (κ3) is 5.25. The fourth-order valence-electron chi connectivity index (χ4n) is 4.21. The predicted octanol–water partition coefficient (Wildman–Crippen LogP) is 0.921. The van der Waals surface area contributed by atoms with Gasteiger partial charge in [0.1, 0.15) is 24.1 Å². The normalized spacial score (nSPS) is 19.9. The van der Waals surface area contributed by atoms with E-state index in [-0.39, 0.29) is 0 Å². The summed E-state index contributed by atoms with van der Waals surface area (Å²) in [4.78, 5) is 35.5. The molecule has 2 N–H and O–H groups in total. The highest BCUT2D eigenvalue weighted by Gasteiger charge is 2.34. The number of benzene rings is 1. The van der Waals surface area contributed by atoms with E-state index >= 15 is 0 Å². The Morgan fingerprint density at radius 1 is 1.03 bits per heavy atom. The van der Waals surface area contributed by atoms with Crippen LogP contribution >= 0.6 is 0 Å². The molecule has 36 heavy (non-hydrogen) atoms. The molecule has 12 nitrogen and oxygen atoms in total. The zero-order valence-corrected chi connectivity index (χ0v) is 20.8. The second kappa shape index (κ2) is 9.96. The van der Waals surface area contributed by atoms with Crippen LogP contribution in [0.25, 0.3) is 17.0 Å². The molecule has 2 atom stereocenters. The van der Waals surface area contributed by atoms with E-state index in [1.807, 2.05) is 54.5 Å². The van der Waals surface area contributed by atoms with Crippen molar-refractivity contribution in [1.82, 2.24) is 24.5 Å². The van der Waals surface area contributed by atoms with Gasteiger partial charge in [-0.15, -0.1) is 0 Å². The Kier molecular flexibility index (Phi) is 6.73. The molecule has 2 fully saturated rings. The maximum atomic E-state index is 12.6. The van der Waals surface area contributed by atoms with E-state index in [2.05, 4.69) is 9.88 Å². The molecule has 2 aliphatic heterocycles. The van der Waals surface area contributed by atoms with E-state index in [0.29, 0.717) is 63.8 Å². The van der Waals surface area contributed by atoms with Crippen LogP contribution in [0.1, 0.15) is 20.8 Å². The molecule has 3 aromatic rings. The Labute approximate surface area is 209 Å². The molecule has 1 aromatic carbocycles. The fraction of sp³-hybridized carbons (Fsp3) is 0.542. The number of ether oxygens (including phenoxy) is 3. The molecule has 192 valence electrons. The first-order valence-electron chi connectivity index (χ1n) is 12.1. The number of anilines is 2. The molecule has 0 spiro atoms. The van der Waals surface area contributed by atoms with E-state index in [1.54, 1.807) is 6.33 Å². The number of esters is 1. The Morgan fingerprint density at radius 2 is 1.69 bits per heavy atom. The van der Waals surface area contributed by atoms with E-state index < -0.39 is 23.7 Å². The topological polar surface area (TPSA) is 134 Å². The number of nitrogens with two attached hydrogens (primary N) is 1. The summed E-state index contributed by atoms with van der Waals surface area (Å²) in [7, 11) is 0. The molecular weight excluding hydrogens is 464 g/mol. The summed E-state index contributed by atoms with van der Waals surface area (Å²) in [6.07, 6.45) is 1.16. The SMILES string of the molecule is CC(C)(C)OC(=O)C(N)C1CN(c2nc(N3CCOCC3)nc(-n3cnc4ccccc43)n2)CCO1. The zero-order chi connectivity index (χ0) is 25.3. The van der Waals surface area contributed by atoms with Gasteiger partial charge < -0.3 is 29.7 Å². The third-order valence-electron chi connectivity index (χ3n) is 6.02. The summed E-state index contributed by atoms with van der Waals surface area (Å²) in [6, 6.07) is 6.90. The standard InChI is InChI=1S/C24H32N8O4/c1-24(2,3)36-20(33)19(25)18-14-31(10-13-35-18)22-27-21(30-8-11-34-12-9-30)28-23(29-22)32-15-26-16-6-4-5-7-17(16)32/h4-7,15,18-19H,8-14,25H2,1-3H3. The highest BCUT2D eigenvalue weighted by atomic mass is 16.6. The molecule has 0 bridgehead atoms. The summed E-state index contributed by atoms with van der Waals surface area (Å²) < 4.78 is 18.7. The van der Waals surface area contributed by atoms with E-state index in [1.165, 1.54) is 0 Å². The van der Waals surface area contributed by atoms with Gasteiger partial charge in [0.25, 0.3) is 0 Å². The van der Waals surface area contributed by atoms with Gasteiger partial charge in [-0.25, -0.2) is 4.98 Å². The number of hydrogen-bond donors (Lipinski definition) is 1. The van der Waals surface area contributed by atoms with E-state index in [0.717, 1.165) is 11.0 Å². The maximum Gasteiger partial charge on any atom is 0.326 e. The van der Waals surface area contributed by atoms with Crippen LogP contribution in [0.5, 0.6) is 0 Å². The Morgan fingerprint density at radius 3 is 2.44 bits per heavy atom. The van der Waals surface area contributed by atoms with Crippen molar-refractivity contribution in [2.24, 2.45) is 5.73 Å². The Bertz CT molecular complexity index is 1220. The van der Waals surface area contributed by atoms with Crippen molar-refractivity contribution < 1.29 is 19.0 Å². The fourth-order valence-corrected chi connectivity index (χ4v) is 4.21. The highest BCUT2D eigenvalue weighted by Crippen LogP contribution is 2.23. The molecule has 0 aliphatic carbocycles. The number of nitrogens with zero attached hydrogens (tertiary/aromatic N) is 7. The summed E-state index contributed by atoms with van der Waals surface area (Å²) in [5.74, 6) is 1.03. The molecule has 2 unspecified atom stereocenters. The van der Waals surface area contributed by atoms with Gasteiger partial charge in [0, 0.05) is 26.2 Å². The number of fused-ring (bicyclic) bond motifs is 1. The van der Waals surface area contributed by atoms with Crippen LogP contribution in [0, 0.1) is 0 Å². The van der Waals surface area contributed by atoms with Crippen molar-refractivity contribution in [3.63, 3.8) is 0 Å².